The van der Waals surface area contributed by atoms with Gasteiger partial charge in [-0.3, -0.25) is 4.90 Å². The molecule has 1 unspecified atom stereocenters. The van der Waals surface area contributed by atoms with Crippen molar-refractivity contribution in [2.45, 2.75) is 19.2 Å². The number of carboxylic acid groups (broad SMARTS) is 1. The molecule has 2 heterocycles. The minimum absolute atomic E-state index is 0.0467. The van der Waals surface area contributed by atoms with Crippen LogP contribution in [0, 0.1) is 0 Å². The highest BCUT2D eigenvalue weighted by Crippen LogP contribution is 2.30. The van der Waals surface area contributed by atoms with Gasteiger partial charge in [-0.1, -0.05) is 18.2 Å². The Balaban J connectivity index is 1.56. The maximum Gasteiger partial charge on any atom is 0.419 e. The van der Waals surface area contributed by atoms with Crippen molar-refractivity contribution < 1.29 is 33.9 Å². The fourth-order valence-electron chi connectivity index (χ4n) is 4.10. The molecule has 31 heavy (non-hydrogen) atoms. The van der Waals surface area contributed by atoms with Gasteiger partial charge in [0.05, 0.1) is 37.0 Å². The van der Waals surface area contributed by atoms with Crippen LogP contribution in [0.1, 0.15) is 43.4 Å². The van der Waals surface area contributed by atoms with E-state index in [-0.39, 0.29) is 30.7 Å². The van der Waals surface area contributed by atoms with Gasteiger partial charge in [0.15, 0.2) is 6.54 Å². The van der Waals surface area contributed by atoms with E-state index in [9.17, 15) is 19.8 Å². The van der Waals surface area contributed by atoms with Crippen molar-refractivity contribution in [1.82, 2.24) is 4.90 Å². The lowest BCUT2D eigenvalue weighted by Gasteiger charge is -2.33. The van der Waals surface area contributed by atoms with Crippen LogP contribution in [-0.4, -0.2) is 71.2 Å². The summed E-state index contributed by atoms with van der Waals surface area (Å²) in [4.78, 5) is 26.2. The minimum atomic E-state index is -1.06. The summed E-state index contributed by atoms with van der Waals surface area (Å²) in [5, 5.41) is 19.7. The molecule has 8 nitrogen and oxygen atoms in total. The molecule has 1 amide bonds. The Labute approximate surface area is 179 Å². The molecule has 1 saturated heterocycles. The van der Waals surface area contributed by atoms with E-state index in [1.165, 1.54) is 4.58 Å². The van der Waals surface area contributed by atoms with Crippen molar-refractivity contribution in [2.24, 2.45) is 0 Å². The predicted molar refractivity (Wildman–Crippen MR) is 112 cm³/mol. The zero-order valence-corrected chi connectivity index (χ0v) is 17.1. The number of aromatic carboxylic acids is 1. The predicted octanol–water partition coefficient (Wildman–Crippen LogP) is 1.70. The lowest BCUT2D eigenvalue weighted by Crippen LogP contribution is -2.40. The van der Waals surface area contributed by atoms with Gasteiger partial charge >= 0.3 is 11.9 Å². The summed E-state index contributed by atoms with van der Waals surface area (Å²) in [6, 6.07) is 10.1. The van der Waals surface area contributed by atoms with Crippen LogP contribution in [0.2, 0.25) is 0 Å². The lowest BCUT2D eigenvalue weighted by molar-refractivity contribution is -0.428. The largest absolute Gasteiger partial charge is 0.488 e. The third-order valence-corrected chi connectivity index (χ3v) is 5.79. The Kier molecular flexibility index (Phi) is 6.13. The SMILES string of the molecule is C=[N+]1Cc2c(OCc3ccc(C(CO)N4CCOCC4)cc3C(=O)O)cccc2C1=O. The molecule has 2 N–H and O–H groups in total. The molecule has 1 atom stereocenters. The summed E-state index contributed by atoms with van der Waals surface area (Å²) in [6.07, 6.45) is 0. The first-order valence-corrected chi connectivity index (χ1v) is 10.2. The normalized spacial score (nSPS) is 17.5. The second-order valence-electron chi connectivity index (χ2n) is 7.64. The van der Waals surface area contributed by atoms with Crippen molar-refractivity contribution >= 4 is 18.6 Å². The Morgan fingerprint density at radius 1 is 1.26 bits per heavy atom. The van der Waals surface area contributed by atoms with Crippen molar-refractivity contribution in [3.8, 4) is 5.75 Å². The molecule has 0 aliphatic carbocycles. The number of carbonyl (C=O) groups is 2. The molecular formula is C23H25N2O6+. The third kappa shape index (κ3) is 4.23. The molecule has 0 saturated carbocycles. The number of carboxylic acids is 1. The first-order chi connectivity index (χ1) is 15.0. The number of carbonyl (C=O) groups excluding carboxylic acids is 1. The molecule has 4 rings (SSSR count). The first-order valence-electron chi connectivity index (χ1n) is 10.2. The number of amides is 1. The van der Waals surface area contributed by atoms with Crippen LogP contribution in [0.3, 0.4) is 0 Å². The maximum atomic E-state index is 12.1. The number of rotatable bonds is 7. The van der Waals surface area contributed by atoms with E-state index in [0.29, 0.717) is 49.7 Å². The molecule has 0 bridgehead atoms. The number of aliphatic hydroxyl groups excluding tert-OH is 1. The summed E-state index contributed by atoms with van der Waals surface area (Å²) in [6.45, 7) is 6.54. The molecule has 1 fully saturated rings. The van der Waals surface area contributed by atoms with Gasteiger partial charge in [0, 0.05) is 18.7 Å². The zero-order chi connectivity index (χ0) is 22.0. The maximum absolute atomic E-state index is 12.1. The molecular weight excluding hydrogens is 400 g/mol. The minimum Gasteiger partial charge on any atom is -0.488 e. The Morgan fingerprint density at radius 2 is 2.03 bits per heavy atom. The van der Waals surface area contributed by atoms with E-state index in [0.717, 1.165) is 11.1 Å². The van der Waals surface area contributed by atoms with Gasteiger partial charge in [-0.05, 0) is 23.8 Å². The molecule has 2 aliphatic heterocycles. The fraction of sp³-hybridized carbons (Fsp3) is 0.348. The highest BCUT2D eigenvalue weighted by molar-refractivity contribution is 5.93. The molecule has 2 aliphatic rings. The molecule has 8 heteroatoms. The quantitative estimate of drug-likeness (QED) is 0.652. The van der Waals surface area contributed by atoms with Crippen LogP contribution in [0.25, 0.3) is 0 Å². The lowest BCUT2D eigenvalue weighted by atomic mass is 9.98. The number of benzene rings is 2. The molecule has 2 aromatic rings. The van der Waals surface area contributed by atoms with E-state index in [4.69, 9.17) is 9.47 Å². The summed E-state index contributed by atoms with van der Waals surface area (Å²) >= 11 is 0. The highest BCUT2D eigenvalue weighted by Gasteiger charge is 2.33. The van der Waals surface area contributed by atoms with E-state index in [2.05, 4.69) is 11.6 Å². The number of hydrogen-bond acceptors (Lipinski definition) is 6. The van der Waals surface area contributed by atoms with Crippen molar-refractivity contribution in [2.75, 3.05) is 32.9 Å². The summed E-state index contributed by atoms with van der Waals surface area (Å²) < 4.78 is 12.7. The first kappa shape index (κ1) is 21.2. The van der Waals surface area contributed by atoms with Gasteiger partial charge in [-0.25, -0.2) is 9.59 Å². The summed E-state index contributed by atoms with van der Waals surface area (Å²) in [7, 11) is 0. The van der Waals surface area contributed by atoms with Crippen LogP contribution in [0.4, 0.5) is 0 Å². The third-order valence-electron chi connectivity index (χ3n) is 5.79. The number of aliphatic hydroxyl groups is 1. The van der Waals surface area contributed by atoms with Crippen LogP contribution < -0.4 is 4.74 Å². The number of ether oxygens (including phenoxy) is 2. The van der Waals surface area contributed by atoms with Crippen molar-refractivity contribution in [3.63, 3.8) is 0 Å². The van der Waals surface area contributed by atoms with Gasteiger partial charge in [-0.15, -0.1) is 0 Å². The zero-order valence-electron chi connectivity index (χ0n) is 17.1. The number of morpholine rings is 1. The Hall–Kier alpha value is -3.07. The molecule has 162 valence electrons. The molecule has 0 radical (unpaired) electrons. The number of fused-ring (bicyclic) bond motifs is 1. The van der Waals surface area contributed by atoms with E-state index < -0.39 is 5.97 Å². The smallest absolute Gasteiger partial charge is 0.419 e. The van der Waals surface area contributed by atoms with Gasteiger partial charge < -0.3 is 19.7 Å². The monoisotopic (exact) mass is 425 g/mol. The molecule has 0 spiro atoms. The van der Waals surface area contributed by atoms with Gasteiger partial charge in [0.2, 0.25) is 0 Å². The molecule has 2 aromatic carbocycles. The Morgan fingerprint density at radius 3 is 2.74 bits per heavy atom. The average Bonchev–Trinajstić information content (AvgIpc) is 3.08. The van der Waals surface area contributed by atoms with Crippen LogP contribution >= 0.6 is 0 Å². The van der Waals surface area contributed by atoms with Crippen LogP contribution in [0.5, 0.6) is 5.75 Å². The van der Waals surface area contributed by atoms with Gasteiger partial charge in [0.25, 0.3) is 0 Å². The highest BCUT2D eigenvalue weighted by atomic mass is 16.5. The average molecular weight is 425 g/mol. The van der Waals surface area contributed by atoms with Crippen molar-refractivity contribution in [3.05, 3.63) is 64.2 Å². The topological polar surface area (TPSA) is 99.3 Å². The second kappa shape index (κ2) is 8.97. The standard InChI is InChI=1S/C23H24N2O6/c1-24-12-19-17(22(24)27)3-2-4-21(19)31-14-16-6-5-15(11-18(16)23(28)29)20(13-26)25-7-9-30-10-8-25/h2-6,11,20,26H,1,7-10,12-14H2/p+1. The van der Waals surface area contributed by atoms with Gasteiger partial charge in [-0.2, -0.15) is 4.58 Å². The number of hydrogen-bond donors (Lipinski definition) is 2. The number of nitrogens with zero attached hydrogens (tertiary/aromatic N) is 2. The van der Waals surface area contributed by atoms with E-state index in [1.807, 2.05) is 6.07 Å². The second-order valence-corrected chi connectivity index (χ2v) is 7.64. The van der Waals surface area contributed by atoms with Crippen LogP contribution in [0.15, 0.2) is 36.4 Å². The van der Waals surface area contributed by atoms with E-state index >= 15 is 0 Å². The Bertz CT molecular complexity index is 1030. The summed E-state index contributed by atoms with van der Waals surface area (Å²) in [5.74, 6) is -0.676. The van der Waals surface area contributed by atoms with Crippen molar-refractivity contribution in [1.29, 1.82) is 0 Å². The fourth-order valence-corrected chi connectivity index (χ4v) is 4.10. The van der Waals surface area contributed by atoms with Gasteiger partial charge in [0.1, 0.15) is 24.6 Å². The van der Waals surface area contributed by atoms with E-state index in [1.54, 1.807) is 30.3 Å². The summed E-state index contributed by atoms with van der Waals surface area (Å²) in [5.41, 5.74) is 2.70. The molecule has 0 aromatic heterocycles. The van der Waals surface area contributed by atoms with Crippen LogP contribution in [-0.2, 0) is 17.9 Å².